The lowest BCUT2D eigenvalue weighted by Gasteiger charge is -2.20. The Morgan fingerprint density at radius 3 is 2.47 bits per heavy atom. The molecule has 0 saturated carbocycles. The minimum absolute atomic E-state index is 0.111. The third-order valence-electron chi connectivity index (χ3n) is 2.46. The highest BCUT2D eigenvalue weighted by atomic mass is 16.3. The van der Waals surface area contributed by atoms with E-state index < -0.39 is 0 Å². The van der Waals surface area contributed by atoms with Gasteiger partial charge in [0.1, 0.15) is 0 Å². The molecule has 0 radical (unpaired) electrons. The number of aliphatic hydroxyl groups excluding tert-OH is 1. The summed E-state index contributed by atoms with van der Waals surface area (Å²) in [6, 6.07) is 8.02. The standard InChI is InChI=1S/C14H24N2O/c1-14(2,3)16-8-7-15-10-12-5-4-6-13(9-12)11-17/h4-6,9,15-17H,7-8,10-11H2,1-3H3. The number of rotatable bonds is 6. The molecule has 0 fully saturated rings. The predicted molar refractivity (Wildman–Crippen MR) is 71.8 cm³/mol. The van der Waals surface area contributed by atoms with Crippen molar-refractivity contribution < 1.29 is 5.11 Å². The van der Waals surface area contributed by atoms with Crippen molar-refractivity contribution in [3.63, 3.8) is 0 Å². The molecule has 3 nitrogen and oxygen atoms in total. The Hall–Kier alpha value is -0.900. The Labute approximate surface area is 104 Å². The minimum atomic E-state index is 0.111. The number of benzene rings is 1. The fourth-order valence-corrected chi connectivity index (χ4v) is 1.60. The molecule has 0 amide bonds. The molecule has 1 aromatic carbocycles. The van der Waals surface area contributed by atoms with Crippen LogP contribution in [-0.4, -0.2) is 23.7 Å². The van der Waals surface area contributed by atoms with E-state index in [9.17, 15) is 0 Å². The lowest BCUT2D eigenvalue weighted by molar-refractivity contribution is 0.281. The first-order chi connectivity index (χ1) is 8.01. The van der Waals surface area contributed by atoms with E-state index in [1.54, 1.807) is 0 Å². The molecular weight excluding hydrogens is 212 g/mol. The quantitative estimate of drug-likeness (QED) is 0.658. The Morgan fingerprint density at radius 1 is 1.12 bits per heavy atom. The van der Waals surface area contributed by atoms with Crippen LogP contribution in [0.25, 0.3) is 0 Å². The predicted octanol–water partition coefficient (Wildman–Crippen LogP) is 1.66. The molecule has 0 heterocycles. The van der Waals surface area contributed by atoms with Gasteiger partial charge in [-0.3, -0.25) is 0 Å². The average molecular weight is 236 g/mol. The molecule has 3 N–H and O–H groups in total. The second-order valence-electron chi connectivity index (χ2n) is 5.33. The zero-order valence-corrected chi connectivity index (χ0v) is 11.1. The maximum Gasteiger partial charge on any atom is 0.0681 e. The monoisotopic (exact) mass is 236 g/mol. The number of nitrogens with one attached hydrogen (secondary N) is 2. The van der Waals surface area contributed by atoms with Gasteiger partial charge in [-0.2, -0.15) is 0 Å². The molecule has 1 aromatic rings. The molecule has 1 rings (SSSR count). The smallest absolute Gasteiger partial charge is 0.0681 e. The van der Waals surface area contributed by atoms with Crippen molar-refractivity contribution in [3.8, 4) is 0 Å². The summed E-state index contributed by atoms with van der Waals surface area (Å²) in [5.41, 5.74) is 2.36. The summed E-state index contributed by atoms with van der Waals surface area (Å²) in [7, 11) is 0. The van der Waals surface area contributed by atoms with Gasteiger partial charge in [0.25, 0.3) is 0 Å². The molecule has 0 aliphatic rings. The van der Waals surface area contributed by atoms with Crippen molar-refractivity contribution in [1.29, 1.82) is 0 Å². The van der Waals surface area contributed by atoms with Crippen LogP contribution in [-0.2, 0) is 13.2 Å². The topological polar surface area (TPSA) is 44.3 Å². The van der Waals surface area contributed by atoms with Gasteiger partial charge in [-0.15, -0.1) is 0 Å². The van der Waals surface area contributed by atoms with Crippen molar-refractivity contribution in [3.05, 3.63) is 35.4 Å². The molecule has 0 saturated heterocycles. The van der Waals surface area contributed by atoms with Gasteiger partial charge in [-0.1, -0.05) is 24.3 Å². The third kappa shape index (κ3) is 6.41. The van der Waals surface area contributed by atoms with Crippen LogP contribution in [0.1, 0.15) is 31.9 Å². The molecule has 0 unspecified atom stereocenters. The first kappa shape index (κ1) is 14.2. The molecule has 3 heteroatoms. The molecule has 0 aromatic heterocycles. The van der Waals surface area contributed by atoms with Crippen molar-refractivity contribution >= 4 is 0 Å². The van der Waals surface area contributed by atoms with Gasteiger partial charge in [0.05, 0.1) is 6.61 Å². The number of hydrogen-bond acceptors (Lipinski definition) is 3. The Morgan fingerprint density at radius 2 is 1.82 bits per heavy atom. The fourth-order valence-electron chi connectivity index (χ4n) is 1.60. The first-order valence-electron chi connectivity index (χ1n) is 6.16. The normalized spacial score (nSPS) is 11.8. The summed E-state index contributed by atoms with van der Waals surface area (Å²) in [5, 5.41) is 15.8. The van der Waals surface area contributed by atoms with Gasteiger partial charge in [0, 0.05) is 25.2 Å². The van der Waals surface area contributed by atoms with Crippen molar-refractivity contribution in [2.75, 3.05) is 13.1 Å². The van der Waals surface area contributed by atoms with Crippen LogP contribution in [0.4, 0.5) is 0 Å². The summed E-state index contributed by atoms with van der Waals surface area (Å²) >= 11 is 0. The molecular formula is C14H24N2O. The van der Waals surface area contributed by atoms with Crippen LogP contribution in [0.5, 0.6) is 0 Å². The van der Waals surface area contributed by atoms with Crippen LogP contribution >= 0.6 is 0 Å². The van der Waals surface area contributed by atoms with Crippen LogP contribution < -0.4 is 10.6 Å². The maximum atomic E-state index is 9.03. The largest absolute Gasteiger partial charge is 0.392 e. The van der Waals surface area contributed by atoms with Gasteiger partial charge >= 0.3 is 0 Å². The first-order valence-corrected chi connectivity index (χ1v) is 6.16. The van der Waals surface area contributed by atoms with E-state index in [4.69, 9.17) is 5.11 Å². The Balaban J connectivity index is 2.22. The van der Waals surface area contributed by atoms with Gasteiger partial charge in [-0.05, 0) is 31.9 Å². The second kappa shape index (κ2) is 6.74. The van der Waals surface area contributed by atoms with E-state index in [1.165, 1.54) is 5.56 Å². The van der Waals surface area contributed by atoms with E-state index in [0.717, 1.165) is 25.2 Å². The highest BCUT2D eigenvalue weighted by Gasteiger charge is 2.06. The summed E-state index contributed by atoms with van der Waals surface area (Å²) in [6.45, 7) is 9.36. The van der Waals surface area contributed by atoms with E-state index in [1.807, 2.05) is 18.2 Å². The molecule has 0 aliphatic carbocycles. The summed E-state index contributed by atoms with van der Waals surface area (Å²) in [4.78, 5) is 0. The minimum Gasteiger partial charge on any atom is -0.392 e. The highest BCUT2D eigenvalue weighted by Crippen LogP contribution is 2.04. The average Bonchev–Trinajstić information content (AvgIpc) is 2.27. The number of aliphatic hydroxyl groups is 1. The summed E-state index contributed by atoms with van der Waals surface area (Å²) in [5.74, 6) is 0. The maximum absolute atomic E-state index is 9.03. The lowest BCUT2D eigenvalue weighted by Crippen LogP contribution is -2.40. The third-order valence-corrected chi connectivity index (χ3v) is 2.46. The summed E-state index contributed by atoms with van der Waals surface area (Å²) in [6.07, 6.45) is 0. The van der Waals surface area contributed by atoms with E-state index in [0.29, 0.717) is 0 Å². The van der Waals surface area contributed by atoms with Crippen LogP contribution in [0, 0.1) is 0 Å². The van der Waals surface area contributed by atoms with Crippen molar-refractivity contribution in [2.24, 2.45) is 0 Å². The SMILES string of the molecule is CC(C)(C)NCCNCc1cccc(CO)c1. The van der Waals surface area contributed by atoms with Gasteiger partial charge in [0.2, 0.25) is 0 Å². The Kier molecular flexibility index (Phi) is 5.62. The van der Waals surface area contributed by atoms with Crippen molar-refractivity contribution in [2.45, 2.75) is 39.5 Å². The molecule has 0 spiro atoms. The molecule has 96 valence electrons. The zero-order valence-electron chi connectivity index (χ0n) is 11.1. The van der Waals surface area contributed by atoms with Crippen molar-refractivity contribution in [1.82, 2.24) is 10.6 Å². The van der Waals surface area contributed by atoms with Gasteiger partial charge < -0.3 is 15.7 Å². The highest BCUT2D eigenvalue weighted by molar-refractivity contribution is 5.22. The Bertz CT molecular complexity index is 331. The van der Waals surface area contributed by atoms with Crippen LogP contribution in [0.2, 0.25) is 0 Å². The van der Waals surface area contributed by atoms with E-state index >= 15 is 0 Å². The van der Waals surface area contributed by atoms with E-state index in [-0.39, 0.29) is 12.1 Å². The van der Waals surface area contributed by atoms with Crippen LogP contribution in [0.15, 0.2) is 24.3 Å². The lowest BCUT2D eigenvalue weighted by atomic mass is 10.1. The second-order valence-corrected chi connectivity index (χ2v) is 5.33. The van der Waals surface area contributed by atoms with E-state index in [2.05, 4.69) is 37.5 Å². The summed E-state index contributed by atoms with van der Waals surface area (Å²) < 4.78 is 0. The molecule has 0 bridgehead atoms. The number of hydrogen-bond donors (Lipinski definition) is 3. The molecule has 17 heavy (non-hydrogen) atoms. The van der Waals surface area contributed by atoms with Gasteiger partial charge in [0.15, 0.2) is 0 Å². The molecule has 0 atom stereocenters. The van der Waals surface area contributed by atoms with Gasteiger partial charge in [-0.25, -0.2) is 0 Å². The fraction of sp³-hybridized carbons (Fsp3) is 0.571. The molecule has 0 aliphatic heterocycles. The van der Waals surface area contributed by atoms with Crippen LogP contribution in [0.3, 0.4) is 0 Å². The zero-order chi connectivity index (χ0) is 12.7.